The molecule has 8 nitrogen and oxygen atoms in total. The van der Waals surface area contributed by atoms with Crippen LogP contribution >= 0.6 is 11.6 Å². The topological polar surface area (TPSA) is 106 Å². The molecule has 0 radical (unpaired) electrons. The first-order valence-corrected chi connectivity index (χ1v) is 15.0. The summed E-state index contributed by atoms with van der Waals surface area (Å²) in [5.41, 5.74) is 2.56. The second-order valence-electron chi connectivity index (χ2n) is 8.11. The quantitative estimate of drug-likeness (QED) is 0.191. The van der Waals surface area contributed by atoms with Crippen LogP contribution in [0.4, 0.5) is 14.7 Å². The average Bonchev–Trinajstić information content (AvgIpc) is 3.40. The number of H-pyrrole nitrogens is 1. The zero-order valence-corrected chi connectivity index (χ0v) is 25.5. The fraction of sp³-hybridized carbons (Fsp3) is 0.429. The number of hydrogen-bond donors (Lipinski definition) is 2. The second kappa shape index (κ2) is 16.2. The van der Waals surface area contributed by atoms with E-state index in [1.54, 1.807) is 36.9 Å². The highest BCUT2D eigenvalue weighted by molar-refractivity contribution is 7.86. The van der Waals surface area contributed by atoms with Crippen molar-refractivity contribution in [2.45, 2.75) is 85.2 Å². The Hall–Kier alpha value is -3.18. The molecule has 0 fully saturated rings. The number of ether oxygens (including phenoxy) is 1. The van der Waals surface area contributed by atoms with Gasteiger partial charge < -0.3 is 9.72 Å². The van der Waals surface area contributed by atoms with Crippen molar-refractivity contribution in [3.8, 4) is 17.0 Å². The summed E-state index contributed by atoms with van der Waals surface area (Å²) in [5, 5.41) is 1.13. The first kappa shape index (κ1) is 33.0. The highest BCUT2D eigenvalue weighted by Crippen LogP contribution is 2.36. The molecule has 218 valence electrons. The average molecular weight is 595 g/mol. The summed E-state index contributed by atoms with van der Waals surface area (Å²) in [4.78, 5) is 20.8. The van der Waals surface area contributed by atoms with Crippen LogP contribution < -0.4 is 9.46 Å². The summed E-state index contributed by atoms with van der Waals surface area (Å²) < 4.78 is 47.4. The van der Waals surface area contributed by atoms with Gasteiger partial charge in [0.15, 0.2) is 16.7 Å². The predicted octanol–water partition coefficient (Wildman–Crippen LogP) is 8.32. The Balaban J connectivity index is 0.00000134. The van der Waals surface area contributed by atoms with Crippen LogP contribution in [0.25, 0.3) is 22.2 Å². The number of nitrogens with one attached hydrogen (secondary N) is 2. The molecule has 0 aliphatic heterocycles. The minimum atomic E-state index is -3.00. The molecule has 40 heavy (non-hydrogen) atoms. The van der Waals surface area contributed by atoms with E-state index in [0.717, 1.165) is 0 Å². The maximum Gasteiger partial charge on any atom is 0.387 e. The summed E-state index contributed by atoms with van der Waals surface area (Å²) in [6.45, 7) is 10.7. The van der Waals surface area contributed by atoms with Crippen molar-refractivity contribution in [3.63, 3.8) is 0 Å². The van der Waals surface area contributed by atoms with Gasteiger partial charge in [-0.05, 0) is 18.9 Å². The Labute approximate surface area is 242 Å². The van der Waals surface area contributed by atoms with Crippen LogP contribution in [0, 0.1) is 0 Å². The van der Waals surface area contributed by atoms with Crippen LogP contribution in [0.5, 0.6) is 5.75 Å². The lowest BCUT2D eigenvalue weighted by Gasteiger charge is -2.18. The lowest BCUT2D eigenvalue weighted by atomic mass is 10.0. The number of fused-ring (bicyclic) bond motifs is 1. The highest BCUT2D eigenvalue weighted by atomic mass is 35.5. The molecule has 4 aromatic rings. The number of anilines is 1. The Morgan fingerprint density at radius 2 is 1.85 bits per heavy atom. The predicted molar refractivity (Wildman–Crippen MR) is 158 cm³/mol. The minimum Gasteiger partial charge on any atom is -0.431 e. The van der Waals surface area contributed by atoms with E-state index in [2.05, 4.69) is 29.6 Å². The number of aromatic amines is 1. The number of aromatic nitrogens is 5. The van der Waals surface area contributed by atoms with Crippen LogP contribution in [-0.4, -0.2) is 35.7 Å². The fourth-order valence-corrected chi connectivity index (χ4v) is 4.99. The van der Waals surface area contributed by atoms with Crippen molar-refractivity contribution in [3.05, 3.63) is 53.3 Å². The first-order valence-electron chi connectivity index (χ1n) is 13.4. The molecular weight excluding hydrogens is 558 g/mol. The van der Waals surface area contributed by atoms with Gasteiger partial charge in [-0.25, -0.2) is 14.2 Å². The molecule has 0 amide bonds. The van der Waals surface area contributed by atoms with E-state index in [1.165, 1.54) is 0 Å². The molecular formula is C28H37ClF2N6O2S. The van der Waals surface area contributed by atoms with Crippen LogP contribution in [0.3, 0.4) is 0 Å². The maximum absolute atomic E-state index is 13.4. The highest BCUT2D eigenvalue weighted by Gasteiger charge is 2.24. The standard InChI is InChI=1S/C24H25ClF2N6O2S.2C2H6/c1-4-6-16-22(35-23(26)27)20(13(3)5-2)32-24(31-16)33-36(34)18-12-30-21-14(18)7-8-15(25)19(21)17-11-28-9-10-29-17;2*1-2/h7-13,23,30H,4-6H2,1-3H3,(H,31,32,33);2*1-2H3. The van der Waals surface area contributed by atoms with Crippen molar-refractivity contribution in [1.82, 2.24) is 24.9 Å². The molecule has 0 bridgehead atoms. The van der Waals surface area contributed by atoms with Gasteiger partial charge in [0.1, 0.15) is 0 Å². The Kier molecular flexibility index (Phi) is 13.4. The second-order valence-corrected chi connectivity index (χ2v) is 9.69. The first-order chi connectivity index (χ1) is 19.3. The molecule has 4 rings (SSSR count). The van der Waals surface area contributed by atoms with Gasteiger partial charge in [-0.2, -0.15) is 8.78 Å². The lowest BCUT2D eigenvalue weighted by molar-refractivity contribution is -0.0518. The van der Waals surface area contributed by atoms with Gasteiger partial charge in [0.05, 0.1) is 38.7 Å². The van der Waals surface area contributed by atoms with Gasteiger partial charge in [0, 0.05) is 35.5 Å². The molecule has 2 unspecified atom stereocenters. The number of nitrogens with zero attached hydrogens (tertiary/aromatic N) is 4. The van der Waals surface area contributed by atoms with Crippen LogP contribution in [0.15, 0.2) is 41.8 Å². The minimum absolute atomic E-state index is 0.00659. The van der Waals surface area contributed by atoms with E-state index in [0.29, 0.717) is 62.7 Å². The van der Waals surface area contributed by atoms with Crippen molar-refractivity contribution < 1.29 is 17.7 Å². The molecule has 12 heteroatoms. The van der Waals surface area contributed by atoms with E-state index in [4.69, 9.17) is 16.3 Å². The van der Waals surface area contributed by atoms with Gasteiger partial charge in [0.2, 0.25) is 5.95 Å². The number of alkyl halides is 2. The van der Waals surface area contributed by atoms with E-state index in [-0.39, 0.29) is 17.6 Å². The van der Waals surface area contributed by atoms with Crippen LogP contribution in [0.1, 0.15) is 78.6 Å². The zero-order valence-electron chi connectivity index (χ0n) is 23.9. The Bertz CT molecular complexity index is 1390. The summed E-state index contributed by atoms with van der Waals surface area (Å²) in [6, 6.07) is 3.46. The van der Waals surface area contributed by atoms with Crippen LogP contribution in [-0.2, 0) is 17.4 Å². The molecule has 2 N–H and O–H groups in total. The van der Waals surface area contributed by atoms with E-state index in [1.807, 2.05) is 48.5 Å². The van der Waals surface area contributed by atoms with Gasteiger partial charge in [-0.15, -0.1) is 0 Å². The third-order valence-corrected chi connectivity index (χ3v) is 7.13. The molecule has 0 spiro atoms. The summed E-state index contributed by atoms with van der Waals surface area (Å²) in [5.74, 6) is -0.102. The number of aryl methyl sites for hydroxylation is 1. The Morgan fingerprint density at radius 1 is 1.12 bits per heavy atom. The fourth-order valence-electron chi connectivity index (χ4n) is 3.83. The van der Waals surface area contributed by atoms with Crippen molar-refractivity contribution >= 4 is 39.4 Å². The molecule has 0 saturated heterocycles. The Morgan fingerprint density at radius 3 is 2.45 bits per heavy atom. The normalized spacial score (nSPS) is 12.2. The summed E-state index contributed by atoms with van der Waals surface area (Å²) in [7, 11) is -1.78. The van der Waals surface area contributed by atoms with Gasteiger partial charge in [-0.1, -0.05) is 72.6 Å². The lowest BCUT2D eigenvalue weighted by Crippen LogP contribution is -2.15. The van der Waals surface area contributed by atoms with Crippen molar-refractivity contribution in [2.75, 3.05) is 4.72 Å². The molecule has 3 heterocycles. The van der Waals surface area contributed by atoms with Crippen molar-refractivity contribution in [2.24, 2.45) is 0 Å². The number of rotatable bonds is 10. The van der Waals surface area contributed by atoms with Crippen LogP contribution in [0.2, 0.25) is 5.02 Å². The summed E-state index contributed by atoms with van der Waals surface area (Å²) >= 11 is 6.45. The third kappa shape index (κ3) is 7.72. The maximum atomic E-state index is 13.4. The van der Waals surface area contributed by atoms with E-state index < -0.39 is 17.6 Å². The molecule has 0 aliphatic carbocycles. The smallest absolute Gasteiger partial charge is 0.387 e. The zero-order chi connectivity index (χ0) is 29.8. The largest absolute Gasteiger partial charge is 0.431 e. The number of hydrogen-bond acceptors (Lipinski definition) is 6. The van der Waals surface area contributed by atoms with Gasteiger partial charge >= 0.3 is 6.61 Å². The van der Waals surface area contributed by atoms with Crippen molar-refractivity contribution in [1.29, 1.82) is 0 Å². The van der Waals surface area contributed by atoms with Gasteiger partial charge in [-0.3, -0.25) is 14.7 Å². The van der Waals surface area contributed by atoms with Gasteiger partial charge in [0.25, 0.3) is 0 Å². The molecule has 0 saturated carbocycles. The van der Waals surface area contributed by atoms with E-state index in [9.17, 15) is 13.0 Å². The SMILES string of the molecule is CC.CC.CCCc1nc(NS(=O)c2c[nH]c3c(-c4cnccn4)c(Cl)ccc23)nc(C(C)CC)c1OC(F)F. The monoisotopic (exact) mass is 594 g/mol. The number of halogens is 3. The summed E-state index contributed by atoms with van der Waals surface area (Å²) in [6.07, 6.45) is 8.05. The molecule has 1 aromatic carbocycles. The third-order valence-electron chi connectivity index (χ3n) is 5.71. The molecule has 2 atom stereocenters. The molecule has 0 aliphatic rings. The molecule has 3 aromatic heterocycles. The number of benzene rings is 1. The van der Waals surface area contributed by atoms with E-state index >= 15 is 0 Å².